The predicted molar refractivity (Wildman–Crippen MR) is 97.0 cm³/mol. The fraction of sp³-hybridized carbons (Fsp3) is 0.286. The van der Waals surface area contributed by atoms with Crippen LogP contribution in [0.15, 0.2) is 29.6 Å². The average molecular weight is 386 g/mol. The van der Waals surface area contributed by atoms with Crippen molar-refractivity contribution in [3.63, 3.8) is 0 Å². The summed E-state index contributed by atoms with van der Waals surface area (Å²) in [6.07, 6.45) is 0. The minimum absolute atomic E-state index is 0.112. The smallest absolute Gasteiger partial charge is 0.192 e. The van der Waals surface area contributed by atoms with Gasteiger partial charge in [0.15, 0.2) is 20.1 Å². The van der Waals surface area contributed by atoms with Gasteiger partial charge < -0.3 is 5.32 Å². The van der Waals surface area contributed by atoms with Gasteiger partial charge in [0.2, 0.25) is 0 Å². The normalized spacial score (nSPS) is 25.4. The van der Waals surface area contributed by atoms with Crippen molar-refractivity contribution in [2.75, 3.05) is 16.4 Å². The molecule has 5 nitrogen and oxygen atoms in total. The number of hydrogen-bond acceptors (Lipinski definition) is 5. The van der Waals surface area contributed by atoms with E-state index in [1.165, 1.54) is 11.3 Å². The van der Waals surface area contributed by atoms with Gasteiger partial charge in [0.25, 0.3) is 0 Å². The Bertz CT molecular complexity index is 879. The van der Waals surface area contributed by atoms with Crippen LogP contribution in [-0.4, -0.2) is 42.1 Å². The van der Waals surface area contributed by atoms with Gasteiger partial charge in [-0.3, -0.25) is 4.90 Å². The van der Waals surface area contributed by atoms with Gasteiger partial charge in [-0.25, -0.2) is 13.4 Å². The zero-order valence-electron chi connectivity index (χ0n) is 11.8. The lowest BCUT2D eigenvalue weighted by molar-refractivity contribution is 0.600. The van der Waals surface area contributed by atoms with Gasteiger partial charge in [-0.05, 0) is 24.4 Å². The Morgan fingerprint density at radius 1 is 1.30 bits per heavy atom. The molecule has 1 aromatic carbocycles. The predicted octanol–water partition coefficient (Wildman–Crippen LogP) is 2.32. The van der Waals surface area contributed by atoms with E-state index in [-0.39, 0.29) is 23.6 Å². The first-order chi connectivity index (χ1) is 10.9. The second-order valence-electron chi connectivity index (χ2n) is 5.59. The number of fused-ring (bicyclic) bond motifs is 1. The highest BCUT2D eigenvalue weighted by Gasteiger charge is 2.48. The van der Waals surface area contributed by atoms with Crippen LogP contribution in [-0.2, 0) is 9.84 Å². The molecule has 2 aromatic rings. The second-order valence-corrected chi connectivity index (χ2v) is 9.41. The van der Waals surface area contributed by atoms with E-state index in [0.29, 0.717) is 10.1 Å². The highest BCUT2D eigenvalue weighted by Crippen LogP contribution is 2.34. The molecule has 2 fully saturated rings. The minimum Gasteiger partial charge on any atom is -0.356 e. The molecule has 2 atom stereocenters. The molecule has 0 unspecified atom stereocenters. The fourth-order valence-corrected chi connectivity index (χ4v) is 6.30. The zero-order chi connectivity index (χ0) is 16.2. The van der Waals surface area contributed by atoms with E-state index in [1.54, 1.807) is 0 Å². The Hall–Kier alpha value is -1.22. The van der Waals surface area contributed by atoms with Crippen LogP contribution in [0.4, 0.5) is 5.13 Å². The number of anilines is 1. The molecule has 0 spiro atoms. The zero-order valence-corrected chi connectivity index (χ0v) is 15.0. The lowest BCUT2D eigenvalue weighted by Gasteiger charge is -2.19. The van der Waals surface area contributed by atoms with Gasteiger partial charge in [0.05, 0.1) is 29.3 Å². The van der Waals surface area contributed by atoms with Crippen LogP contribution >= 0.6 is 35.2 Å². The van der Waals surface area contributed by atoms with E-state index in [1.807, 2.05) is 34.5 Å². The van der Waals surface area contributed by atoms with Crippen LogP contribution < -0.4 is 10.2 Å². The molecule has 0 saturated carbocycles. The first-order valence-corrected chi connectivity index (χ1v) is 10.4. The number of halogens is 1. The van der Waals surface area contributed by atoms with Gasteiger partial charge in [-0.1, -0.05) is 23.7 Å². The van der Waals surface area contributed by atoms with E-state index in [4.69, 9.17) is 23.8 Å². The third-order valence-electron chi connectivity index (χ3n) is 4.02. The van der Waals surface area contributed by atoms with Crippen molar-refractivity contribution in [1.29, 1.82) is 0 Å². The van der Waals surface area contributed by atoms with Crippen LogP contribution in [0, 0.1) is 0 Å². The summed E-state index contributed by atoms with van der Waals surface area (Å²) in [5.41, 5.74) is 1.79. The molecule has 9 heteroatoms. The number of benzene rings is 1. The maximum absolute atomic E-state index is 11.8. The SMILES string of the molecule is O=S1(=O)C[C@@H]2NC(=S)N(c3nc(-c4ccc(Cl)cc4)cs3)[C@@H]2C1. The third-order valence-corrected chi connectivity index (χ3v) is 7.14. The standard InChI is InChI=1S/C14H12ClN3O2S3/c15-9-3-1-8(2-4-9)10-5-22-14(17-10)18-12-7-23(19,20)6-11(12)16-13(18)21/h1-5,11-12H,6-7H2,(H,16,21)/t11-,12+/m0/s1. The van der Waals surface area contributed by atoms with Crippen LogP contribution in [0.25, 0.3) is 11.3 Å². The molecule has 3 heterocycles. The van der Waals surface area contributed by atoms with E-state index in [2.05, 4.69) is 10.3 Å². The van der Waals surface area contributed by atoms with Crippen LogP contribution in [0.3, 0.4) is 0 Å². The summed E-state index contributed by atoms with van der Waals surface area (Å²) in [5, 5.41) is 6.99. The molecular weight excluding hydrogens is 374 g/mol. The van der Waals surface area contributed by atoms with E-state index < -0.39 is 9.84 Å². The molecule has 4 rings (SSSR count). The second kappa shape index (κ2) is 5.41. The summed E-state index contributed by atoms with van der Waals surface area (Å²) in [6.45, 7) is 0. The number of rotatable bonds is 2. The maximum Gasteiger partial charge on any atom is 0.192 e. The van der Waals surface area contributed by atoms with E-state index in [0.717, 1.165) is 16.4 Å². The lowest BCUT2D eigenvalue weighted by atomic mass is 10.2. The van der Waals surface area contributed by atoms with Gasteiger partial charge in [0.1, 0.15) is 0 Å². The number of nitrogens with one attached hydrogen (secondary N) is 1. The van der Waals surface area contributed by atoms with Crippen molar-refractivity contribution < 1.29 is 8.42 Å². The average Bonchev–Trinajstić information content (AvgIpc) is 3.12. The molecule has 0 amide bonds. The molecule has 0 radical (unpaired) electrons. The molecular formula is C14H12ClN3O2S3. The topological polar surface area (TPSA) is 62.3 Å². The van der Waals surface area contributed by atoms with Crippen molar-refractivity contribution >= 4 is 55.2 Å². The number of hydrogen-bond donors (Lipinski definition) is 1. The molecule has 0 aliphatic carbocycles. The van der Waals surface area contributed by atoms with Gasteiger partial charge in [-0.2, -0.15) is 0 Å². The van der Waals surface area contributed by atoms with Gasteiger partial charge in [0, 0.05) is 16.0 Å². The van der Waals surface area contributed by atoms with Gasteiger partial charge in [-0.15, -0.1) is 11.3 Å². The Labute approximate surface area is 148 Å². The van der Waals surface area contributed by atoms with Crippen LogP contribution in [0.2, 0.25) is 5.02 Å². The Kier molecular flexibility index (Phi) is 3.60. The van der Waals surface area contributed by atoms with Crippen molar-refractivity contribution in [2.45, 2.75) is 12.1 Å². The molecule has 2 aliphatic heterocycles. The maximum atomic E-state index is 11.8. The first-order valence-electron chi connectivity index (χ1n) is 6.94. The summed E-state index contributed by atoms with van der Waals surface area (Å²) < 4.78 is 23.7. The molecule has 2 aliphatic rings. The summed E-state index contributed by atoms with van der Waals surface area (Å²) in [4.78, 5) is 6.47. The Morgan fingerprint density at radius 2 is 2.04 bits per heavy atom. The first kappa shape index (κ1) is 15.3. The summed E-state index contributed by atoms with van der Waals surface area (Å²) >= 11 is 12.7. The molecule has 23 heavy (non-hydrogen) atoms. The Balaban J connectivity index is 1.66. The largest absolute Gasteiger partial charge is 0.356 e. The highest BCUT2D eigenvalue weighted by molar-refractivity contribution is 7.91. The molecule has 2 saturated heterocycles. The number of thiocarbonyl (C=S) groups is 1. The number of sulfone groups is 1. The number of nitrogens with zero attached hydrogens (tertiary/aromatic N) is 2. The van der Waals surface area contributed by atoms with Gasteiger partial charge >= 0.3 is 0 Å². The quantitative estimate of drug-likeness (QED) is 0.800. The van der Waals surface area contributed by atoms with Crippen molar-refractivity contribution in [1.82, 2.24) is 10.3 Å². The summed E-state index contributed by atoms with van der Waals surface area (Å²) in [6, 6.07) is 7.14. The fourth-order valence-electron chi connectivity index (χ4n) is 2.96. The summed E-state index contributed by atoms with van der Waals surface area (Å²) in [7, 11) is -3.02. The van der Waals surface area contributed by atoms with Crippen molar-refractivity contribution in [3.05, 3.63) is 34.7 Å². The van der Waals surface area contributed by atoms with Crippen LogP contribution in [0.1, 0.15) is 0 Å². The minimum atomic E-state index is -3.02. The molecule has 1 aromatic heterocycles. The van der Waals surface area contributed by atoms with Crippen molar-refractivity contribution in [3.8, 4) is 11.3 Å². The molecule has 1 N–H and O–H groups in total. The monoisotopic (exact) mass is 385 g/mol. The Morgan fingerprint density at radius 3 is 2.78 bits per heavy atom. The number of thiazole rings is 1. The van der Waals surface area contributed by atoms with E-state index >= 15 is 0 Å². The van der Waals surface area contributed by atoms with E-state index in [9.17, 15) is 8.42 Å². The third kappa shape index (κ3) is 2.73. The summed E-state index contributed by atoms with van der Waals surface area (Å²) in [5.74, 6) is 0.240. The molecule has 120 valence electrons. The number of aromatic nitrogens is 1. The molecule has 0 bridgehead atoms. The van der Waals surface area contributed by atoms with Crippen LogP contribution in [0.5, 0.6) is 0 Å². The lowest BCUT2D eigenvalue weighted by Crippen LogP contribution is -2.36. The van der Waals surface area contributed by atoms with Crippen molar-refractivity contribution in [2.24, 2.45) is 0 Å². The highest BCUT2D eigenvalue weighted by atomic mass is 35.5.